The summed E-state index contributed by atoms with van der Waals surface area (Å²) in [4.78, 5) is 0. The van der Waals surface area contributed by atoms with E-state index < -0.39 is 8.07 Å². The molecule has 0 spiro atoms. The molecular weight excluding hydrogens is 519 g/mol. The fourth-order valence-corrected chi connectivity index (χ4v) is 7.56. The van der Waals surface area contributed by atoms with E-state index in [1.165, 1.54) is 77.0 Å². The first-order chi connectivity index (χ1) is 14.0. The van der Waals surface area contributed by atoms with Crippen LogP contribution in [0, 0.1) is 0 Å². The van der Waals surface area contributed by atoms with E-state index in [1.54, 1.807) is 27.1 Å². The molecule has 0 unspecified atom stereocenters. The smallest absolute Gasteiger partial charge is 1.00 e. The minimum Gasteiger partial charge on any atom is -1.00 e. The van der Waals surface area contributed by atoms with E-state index in [2.05, 4.69) is 70.3 Å². The summed E-state index contributed by atoms with van der Waals surface area (Å²) in [5.41, 5.74) is 4.78. The maximum absolute atomic E-state index is 2.58. The molecule has 0 fully saturated rings. The zero-order valence-electron chi connectivity index (χ0n) is 21.6. The fourth-order valence-electron chi connectivity index (χ4n) is 4.63. The van der Waals surface area contributed by atoms with Crippen LogP contribution in [0.5, 0.6) is 0 Å². The van der Waals surface area contributed by atoms with Gasteiger partial charge in [0.05, 0.1) is 8.07 Å². The average Bonchev–Trinajstić information content (AvgIpc) is 3.18. The van der Waals surface area contributed by atoms with Crippen LogP contribution in [0.25, 0.3) is 0 Å². The van der Waals surface area contributed by atoms with Crippen molar-refractivity contribution >= 4 is 18.4 Å². The molecule has 0 nitrogen and oxygen atoms in total. The summed E-state index contributed by atoms with van der Waals surface area (Å²) in [6.45, 7) is 12.0. The third kappa shape index (κ3) is 12.2. The molecule has 186 valence electrons. The van der Waals surface area contributed by atoms with Crippen molar-refractivity contribution in [3.63, 3.8) is 0 Å². The first-order valence-electron chi connectivity index (χ1n) is 12.4. The van der Waals surface area contributed by atoms with E-state index in [0.717, 1.165) is 0 Å². The van der Waals surface area contributed by atoms with E-state index in [0.29, 0.717) is 0 Å². The molecule has 0 saturated carbocycles. The van der Waals surface area contributed by atoms with Crippen molar-refractivity contribution in [3.05, 3.63) is 53.1 Å². The number of unbranched alkanes of at least 4 members (excludes halogenated alkanes) is 6. The molecule has 2 aromatic rings. The van der Waals surface area contributed by atoms with E-state index in [-0.39, 0.29) is 58.9 Å². The molecule has 0 bridgehead atoms. The Morgan fingerprint density at radius 2 is 1.18 bits per heavy atom. The SMILES string of the molecule is CCCCCCc1cc(CCCCCC)cc([Si](C)(C)[c-]2cccc2CCC)c1.[Cl-].[Cl-].[Cl-].[Ti+4]. The van der Waals surface area contributed by atoms with Crippen molar-refractivity contribution in [1.29, 1.82) is 0 Å². The van der Waals surface area contributed by atoms with Crippen molar-refractivity contribution in [3.8, 4) is 0 Å². The van der Waals surface area contributed by atoms with Crippen molar-refractivity contribution < 1.29 is 58.9 Å². The van der Waals surface area contributed by atoms with Crippen LogP contribution in [-0.4, -0.2) is 8.07 Å². The molecule has 0 aromatic heterocycles. The number of aryl methyl sites for hydroxylation is 3. The van der Waals surface area contributed by atoms with Crippen LogP contribution in [-0.2, 0) is 41.0 Å². The number of hydrogen-bond donors (Lipinski definition) is 0. The first kappa shape index (κ1) is 37.9. The third-order valence-electron chi connectivity index (χ3n) is 6.51. The molecule has 0 aliphatic carbocycles. The molecule has 2 rings (SSSR count). The van der Waals surface area contributed by atoms with Crippen molar-refractivity contribution in [2.45, 2.75) is 111 Å². The van der Waals surface area contributed by atoms with Crippen LogP contribution in [0.2, 0.25) is 13.1 Å². The fraction of sp³-hybridized carbons (Fsp3) is 0.607. The Kier molecular flexibility index (Phi) is 23.6. The molecule has 0 aliphatic heterocycles. The van der Waals surface area contributed by atoms with Gasteiger partial charge in [-0.3, -0.25) is 0 Å². The molecule has 0 heterocycles. The Balaban J connectivity index is -0.00000225. The average molecular weight is 564 g/mol. The predicted molar refractivity (Wildman–Crippen MR) is 135 cm³/mol. The van der Waals surface area contributed by atoms with Gasteiger partial charge in [0.1, 0.15) is 0 Å². The largest absolute Gasteiger partial charge is 4.00 e. The van der Waals surface area contributed by atoms with Gasteiger partial charge in [-0.15, -0.1) is 0 Å². The Morgan fingerprint density at radius 1 is 0.667 bits per heavy atom. The van der Waals surface area contributed by atoms with Gasteiger partial charge in [0.15, 0.2) is 0 Å². The summed E-state index contributed by atoms with van der Waals surface area (Å²) >= 11 is 0. The third-order valence-corrected chi connectivity index (χ3v) is 10.1. The van der Waals surface area contributed by atoms with Crippen LogP contribution in [0.1, 0.15) is 95.2 Å². The minimum atomic E-state index is -1.66. The summed E-state index contributed by atoms with van der Waals surface area (Å²) < 4.78 is 0. The van der Waals surface area contributed by atoms with Gasteiger partial charge < -0.3 is 37.2 Å². The van der Waals surface area contributed by atoms with Gasteiger partial charge >= 0.3 is 21.7 Å². The number of benzene rings is 1. The first-order valence-corrected chi connectivity index (χ1v) is 15.4. The summed E-state index contributed by atoms with van der Waals surface area (Å²) in [6.07, 6.45) is 15.8. The van der Waals surface area contributed by atoms with Gasteiger partial charge in [0.25, 0.3) is 0 Å². The Morgan fingerprint density at radius 3 is 1.64 bits per heavy atom. The minimum absolute atomic E-state index is 0. The summed E-state index contributed by atoms with van der Waals surface area (Å²) in [7, 11) is -1.66. The second-order valence-corrected chi connectivity index (χ2v) is 13.9. The molecule has 0 saturated heterocycles. The summed E-state index contributed by atoms with van der Waals surface area (Å²) in [5, 5.41) is 3.32. The molecule has 0 amide bonds. The molecule has 0 aliphatic rings. The predicted octanol–water partition coefficient (Wildman–Crippen LogP) is -1.56. The van der Waals surface area contributed by atoms with Crippen LogP contribution < -0.4 is 47.6 Å². The number of rotatable bonds is 14. The van der Waals surface area contributed by atoms with Crippen molar-refractivity contribution in [1.82, 2.24) is 0 Å². The van der Waals surface area contributed by atoms with Gasteiger partial charge in [-0.05, 0) is 36.8 Å². The van der Waals surface area contributed by atoms with Crippen LogP contribution in [0.15, 0.2) is 36.4 Å². The molecular formula is C28H45Cl3SiTi. The summed E-state index contributed by atoms with van der Waals surface area (Å²) in [5.74, 6) is 0. The van der Waals surface area contributed by atoms with Gasteiger partial charge in [0, 0.05) is 0 Å². The van der Waals surface area contributed by atoms with Crippen LogP contribution in [0.4, 0.5) is 0 Å². The molecule has 0 atom stereocenters. The number of halogens is 3. The van der Waals surface area contributed by atoms with E-state index in [4.69, 9.17) is 0 Å². The molecule has 5 heteroatoms. The topological polar surface area (TPSA) is 0 Å². The van der Waals surface area contributed by atoms with E-state index >= 15 is 0 Å². The number of hydrogen-bond acceptors (Lipinski definition) is 0. The standard InChI is InChI=1S/C28H45Si.3ClH.Ti/c1-6-9-11-13-17-24-21-25(18-14-12-10-7-2)23-27(22-24)29(4,5)28-20-15-19-26(28)16-8-3;;;;/h15,19-23H,6-14,16-18H2,1-5H3;3*1H;/q-1;;;;+4/p-3. The van der Waals surface area contributed by atoms with Crippen LogP contribution in [0.3, 0.4) is 0 Å². The zero-order valence-corrected chi connectivity index (χ0v) is 26.4. The summed E-state index contributed by atoms with van der Waals surface area (Å²) in [6, 6.07) is 14.8. The zero-order chi connectivity index (χ0) is 21.1. The molecule has 33 heavy (non-hydrogen) atoms. The van der Waals surface area contributed by atoms with Crippen molar-refractivity contribution in [2.24, 2.45) is 0 Å². The monoisotopic (exact) mass is 562 g/mol. The van der Waals surface area contributed by atoms with Gasteiger partial charge in [-0.2, -0.15) is 16.8 Å². The van der Waals surface area contributed by atoms with E-state index in [1.807, 2.05) is 0 Å². The maximum atomic E-state index is 2.58. The molecule has 0 radical (unpaired) electrons. The van der Waals surface area contributed by atoms with Gasteiger partial charge in [-0.1, -0.05) is 109 Å². The van der Waals surface area contributed by atoms with Gasteiger partial charge in [-0.25, -0.2) is 12.1 Å². The Labute approximate surface area is 240 Å². The van der Waals surface area contributed by atoms with Crippen LogP contribution >= 0.6 is 0 Å². The van der Waals surface area contributed by atoms with Gasteiger partial charge in [0.2, 0.25) is 0 Å². The molecule has 0 N–H and O–H groups in total. The quantitative estimate of drug-likeness (QED) is 0.148. The Bertz CT molecular complexity index is 697. The normalized spacial score (nSPS) is 10.5. The Hall–Kier alpha value is 0.371. The molecule has 2 aromatic carbocycles. The second kappa shape index (κ2) is 20.6. The second-order valence-electron chi connectivity index (χ2n) is 9.50. The van der Waals surface area contributed by atoms with Crippen molar-refractivity contribution in [2.75, 3.05) is 0 Å². The maximum Gasteiger partial charge on any atom is 4.00 e. The van der Waals surface area contributed by atoms with E-state index in [9.17, 15) is 0 Å².